The van der Waals surface area contributed by atoms with Gasteiger partial charge in [0.2, 0.25) is 0 Å². The second-order valence-corrected chi connectivity index (χ2v) is 8.63. The Kier molecular flexibility index (Phi) is 7.12. The van der Waals surface area contributed by atoms with Crippen LogP contribution in [0.4, 0.5) is 5.69 Å². The molecule has 25 heavy (non-hydrogen) atoms. The van der Waals surface area contributed by atoms with Gasteiger partial charge in [-0.15, -0.1) is 0 Å². The zero-order valence-corrected chi connectivity index (χ0v) is 14.9. The molecule has 0 aromatic heterocycles. The summed E-state index contributed by atoms with van der Waals surface area (Å²) in [6, 6.07) is 3.55. The zero-order chi connectivity index (χ0) is 19.3. The van der Waals surface area contributed by atoms with Crippen LogP contribution in [-0.4, -0.2) is 59.9 Å². The fraction of sp³-hybridized carbons (Fsp3) is 0.400. The molecule has 0 saturated heterocycles. The lowest BCUT2D eigenvalue weighted by molar-refractivity contribution is 0.199. The van der Waals surface area contributed by atoms with Crippen molar-refractivity contribution in [3.05, 3.63) is 18.2 Å². The van der Waals surface area contributed by atoms with E-state index >= 15 is 0 Å². The third kappa shape index (κ3) is 8.43. The molecule has 1 aromatic carbocycles. The van der Waals surface area contributed by atoms with Crippen LogP contribution in [0.5, 0.6) is 5.75 Å². The van der Waals surface area contributed by atoms with Crippen molar-refractivity contribution in [3.63, 3.8) is 0 Å². The smallest absolute Gasteiger partial charge is 0.397 e. The summed E-state index contributed by atoms with van der Waals surface area (Å²) in [5, 5.41) is 0. The highest BCUT2D eigenvalue weighted by Gasteiger charge is 2.22. The van der Waals surface area contributed by atoms with Gasteiger partial charge in [0.15, 0.2) is 9.84 Å². The van der Waals surface area contributed by atoms with Crippen molar-refractivity contribution in [1.82, 2.24) is 0 Å². The molecule has 144 valence electrons. The number of rotatable bonds is 10. The predicted octanol–water partition coefficient (Wildman–Crippen LogP) is -0.940. The highest BCUT2D eigenvalue weighted by molar-refractivity contribution is 7.91. The SMILES string of the molecule is Nc1ccc(OCCOS(=O)(=O)O)c(S(=O)(=O)CCOS(=O)(=O)O)c1. The van der Waals surface area contributed by atoms with E-state index in [4.69, 9.17) is 19.6 Å². The fourth-order valence-corrected chi connectivity index (χ4v) is 3.49. The van der Waals surface area contributed by atoms with Crippen molar-refractivity contribution in [2.75, 3.05) is 31.3 Å². The second kappa shape index (κ2) is 8.26. The van der Waals surface area contributed by atoms with Gasteiger partial charge in [0, 0.05) is 5.69 Å². The summed E-state index contributed by atoms with van der Waals surface area (Å²) in [6.07, 6.45) is 0. The van der Waals surface area contributed by atoms with Crippen molar-refractivity contribution in [1.29, 1.82) is 0 Å². The van der Waals surface area contributed by atoms with Crippen LogP contribution < -0.4 is 10.5 Å². The van der Waals surface area contributed by atoms with Gasteiger partial charge in [0.25, 0.3) is 0 Å². The first-order valence-corrected chi connectivity index (χ1v) is 10.7. The molecular weight excluding hydrogens is 406 g/mol. The Morgan fingerprint density at radius 2 is 1.44 bits per heavy atom. The predicted molar refractivity (Wildman–Crippen MR) is 83.4 cm³/mol. The molecule has 0 aliphatic rings. The Morgan fingerprint density at radius 1 is 0.880 bits per heavy atom. The minimum Gasteiger partial charge on any atom is -0.490 e. The summed E-state index contributed by atoms with van der Waals surface area (Å²) in [7, 11) is -13.6. The third-order valence-corrected chi connectivity index (χ3v) is 5.08. The monoisotopic (exact) mass is 421 g/mol. The molecule has 0 amide bonds. The Balaban J connectivity index is 2.88. The van der Waals surface area contributed by atoms with Gasteiger partial charge in [-0.1, -0.05) is 0 Å². The molecule has 0 aliphatic heterocycles. The van der Waals surface area contributed by atoms with Crippen LogP contribution in [0, 0.1) is 0 Å². The van der Waals surface area contributed by atoms with Crippen molar-refractivity contribution >= 4 is 36.3 Å². The molecule has 0 radical (unpaired) electrons. The van der Waals surface area contributed by atoms with Gasteiger partial charge < -0.3 is 10.5 Å². The molecule has 12 nitrogen and oxygen atoms in total. The van der Waals surface area contributed by atoms with Crippen LogP contribution in [0.15, 0.2) is 23.1 Å². The van der Waals surface area contributed by atoms with E-state index < -0.39 is 61.1 Å². The summed E-state index contributed by atoms with van der Waals surface area (Å²) in [6.45, 7) is -1.86. The average Bonchev–Trinajstić information content (AvgIpc) is 2.42. The molecule has 0 aliphatic carbocycles. The number of hydrogen-bond acceptors (Lipinski definition) is 10. The highest BCUT2D eigenvalue weighted by atomic mass is 32.3. The van der Waals surface area contributed by atoms with Crippen molar-refractivity contribution < 1.29 is 47.5 Å². The molecule has 1 rings (SSSR count). The van der Waals surface area contributed by atoms with Gasteiger partial charge in [-0.2, -0.15) is 16.8 Å². The van der Waals surface area contributed by atoms with Crippen LogP contribution in [0.1, 0.15) is 0 Å². The van der Waals surface area contributed by atoms with E-state index in [9.17, 15) is 25.3 Å². The first kappa shape index (κ1) is 21.6. The van der Waals surface area contributed by atoms with Crippen LogP contribution in [0.2, 0.25) is 0 Å². The third-order valence-electron chi connectivity index (χ3n) is 2.46. The molecule has 0 bridgehead atoms. The quantitative estimate of drug-likeness (QED) is 0.238. The van der Waals surface area contributed by atoms with Gasteiger partial charge in [0.1, 0.15) is 23.9 Å². The standard InChI is InChI=1S/C10H15NO11S3/c11-8-1-2-9(20-3-4-21-24(14,15)16)10(7-8)23(12,13)6-5-22-25(17,18)19/h1-2,7H,3-6,11H2,(H,14,15,16)(H,17,18,19). The molecule has 15 heteroatoms. The average molecular weight is 421 g/mol. The van der Waals surface area contributed by atoms with Crippen molar-refractivity contribution in [2.45, 2.75) is 4.90 Å². The zero-order valence-electron chi connectivity index (χ0n) is 12.4. The molecule has 0 spiro atoms. The summed E-state index contributed by atoms with van der Waals surface area (Å²) < 4.78 is 96.0. The van der Waals surface area contributed by atoms with E-state index in [1.165, 1.54) is 12.1 Å². The first-order chi connectivity index (χ1) is 11.3. The summed E-state index contributed by atoms with van der Waals surface area (Å²) >= 11 is 0. The number of sulfone groups is 1. The number of anilines is 1. The Hall–Kier alpha value is -1.49. The molecule has 0 unspecified atom stereocenters. The van der Waals surface area contributed by atoms with E-state index in [1.54, 1.807) is 0 Å². The topological polar surface area (TPSA) is 197 Å². The van der Waals surface area contributed by atoms with E-state index in [0.29, 0.717) is 0 Å². The van der Waals surface area contributed by atoms with Gasteiger partial charge in [-0.05, 0) is 18.2 Å². The first-order valence-electron chi connectivity index (χ1n) is 6.29. The molecule has 0 heterocycles. The summed E-state index contributed by atoms with van der Waals surface area (Å²) in [5.41, 5.74) is 5.58. The van der Waals surface area contributed by atoms with Crippen LogP contribution in [0.3, 0.4) is 0 Å². The number of hydrogen-bond donors (Lipinski definition) is 3. The highest BCUT2D eigenvalue weighted by Crippen LogP contribution is 2.27. The maximum Gasteiger partial charge on any atom is 0.397 e. The summed E-state index contributed by atoms with van der Waals surface area (Å²) in [5.74, 6) is -1.02. The summed E-state index contributed by atoms with van der Waals surface area (Å²) in [4.78, 5) is -0.404. The molecular formula is C10H15NO11S3. The lowest BCUT2D eigenvalue weighted by atomic mass is 10.3. The molecule has 0 atom stereocenters. The van der Waals surface area contributed by atoms with Crippen molar-refractivity contribution in [3.8, 4) is 5.75 Å². The molecule has 0 fully saturated rings. The normalized spacial score (nSPS) is 12.9. The van der Waals surface area contributed by atoms with Gasteiger partial charge in [-0.25, -0.2) is 16.8 Å². The van der Waals surface area contributed by atoms with Crippen LogP contribution in [0.25, 0.3) is 0 Å². The Labute approximate surface area is 144 Å². The fourth-order valence-electron chi connectivity index (χ4n) is 1.54. The minimum atomic E-state index is -4.80. The number of benzene rings is 1. The van der Waals surface area contributed by atoms with Crippen molar-refractivity contribution in [2.24, 2.45) is 0 Å². The lowest BCUT2D eigenvalue weighted by Gasteiger charge is -2.12. The molecule has 0 saturated carbocycles. The molecule has 4 N–H and O–H groups in total. The van der Waals surface area contributed by atoms with Gasteiger partial charge in [0.05, 0.1) is 12.4 Å². The lowest BCUT2D eigenvalue weighted by Crippen LogP contribution is -2.17. The van der Waals surface area contributed by atoms with E-state index in [0.717, 1.165) is 6.07 Å². The van der Waals surface area contributed by atoms with E-state index in [2.05, 4.69) is 8.37 Å². The van der Waals surface area contributed by atoms with Gasteiger partial charge in [-0.3, -0.25) is 9.11 Å². The second-order valence-electron chi connectivity index (χ2n) is 4.37. The maximum absolute atomic E-state index is 12.2. The Morgan fingerprint density at radius 3 is 2.00 bits per heavy atom. The number of ether oxygens (including phenoxy) is 1. The van der Waals surface area contributed by atoms with Gasteiger partial charge >= 0.3 is 20.8 Å². The Bertz CT molecular complexity index is 905. The largest absolute Gasteiger partial charge is 0.490 e. The minimum absolute atomic E-state index is 0.0656. The van der Waals surface area contributed by atoms with Crippen LogP contribution in [-0.2, 0) is 39.0 Å². The van der Waals surface area contributed by atoms with Crippen LogP contribution >= 0.6 is 0 Å². The number of nitrogens with two attached hydrogens (primary N) is 1. The number of nitrogen functional groups attached to an aromatic ring is 1. The maximum atomic E-state index is 12.2. The van der Waals surface area contributed by atoms with E-state index in [1.807, 2.05) is 0 Å². The van der Waals surface area contributed by atoms with E-state index in [-0.39, 0.29) is 11.4 Å². The molecule has 1 aromatic rings.